The van der Waals surface area contributed by atoms with Crippen molar-refractivity contribution in [2.45, 2.75) is 95.6 Å². The molecule has 4 aromatic rings. The molecule has 2 saturated carbocycles. The number of amides is 1. The Morgan fingerprint density at radius 2 is 1.69 bits per heavy atom. The minimum Gasteiger partial charge on any atom is -0.446 e. The topological polar surface area (TPSA) is 151 Å². The number of ether oxygens (including phenoxy) is 1. The van der Waals surface area contributed by atoms with Gasteiger partial charge in [-0.25, -0.2) is 29.4 Å². The van der Waals surface area contributed by atoms with Gasteiger partial charge in [0.2, 0.25) is 0 Å². The Morgan fingerprint density at radius 3 is 2.38 bits per heavy atom. The molecule has 0 bridgehead atoms. The lowest BCUT2D eigenvalue weighted by molar-refractivity contribution is 0.0405. The lowest BCUT2D eigenvalue weighted by Crippen LogP contribution is -2.40. The number of piperidine rings is 1. The first-order valence-corrected chi connectivity index (χ1v) is 15.2. The van der Waals surface area contributed by atoms with Crippen LogP contribution in [0.1, 0.15) is 101 Å². The molecule has 12 nitrogen and oxygen atoms in total. The number of aromatic nitrogens is 7. The van der Waals surface area contributed by atoms with Crippen molar-refractivity contribution < 1.29 is 14.1 Å². The molecule has 0 spiro atoms. The van der Waals surface area contributed by atoms with Crippen molar-refractivity contribution in [1.29, 1.82) is 0 Å². The van der Waals surface area contributed by atoms with Crippen LogP contribution in [0.25, 0.3) is 33.8 Å². The summed E-state index contributed by atoms with van der Waals surface area (Å²) < 4.78 is 13.5. The number of rotatable bonds is 6. The van der Waals surface area contributed by atoms with E-state index in [1.54, 1.807) is 0 Å². The van der Waals surface area contributed by atoms with Crippen LogP contribution in [0.2, 0.25) is 0 Å². The van der Waals surface area contributed by atoms with Crippen molar-refractivity contribution in [2.75, 3.05) is 18.8 Å². The van der Waals surface area contributed by atoms with Gasteiger partial charge in [0.1, 0.15) is 29.6 Å². The molecule has 2 N–H and O–H groups in total. The predicted molar refractivity (Wildman–Crippen MR) is 156 cm³/mol. The Hall–Kier alpha value is -4.09. The first-order chi connectivity index (χ1) is 20.5. The van der Waals surface area contributed by atoms with E-state index in [-0.39, 0.29) is 30.1 Å². The molecule has 0 unspecified atom stereocenters. The molecule has 1 aliphatic heterocycles. The highest BCUT2D eigenvalue weighted by Gasteiger charge is 2.36. The van der Waals surface area contributed by atoms with E-state index in [1.807, 2.05) is 35.8 Å². The van der Waals surface area contributed by atoms with Crippen molar-refractivity contribution in [3.05, 3.63) is 30.0 Å². The van der Waals surface area contributed by atoms with E-state index in [1.165, 1.54) is 12.7 Å². The monoisotopic (exact) mass is 571 g/mol. The third-order valence-corrected chi connectivity index (χ3v) is 8.84. The molecule has 7 rings (SSSR count). The molecule has 5 heterocycles. The quantitative estimate of drug-likeness (QED) is 0.308. The molecular weight excluding hydrogens is 534 g/mol. The second kappa shape index (κ2) is 11.0. The third kappa shape index (κ3) is 4.96. The van der Waals surface area contributed by atoms with Gasteiger partial charge in [-0.05, 0) is 76.7 Å². The Kier molecular flexibility index (Phi) is 6.99. The SMILES string of the molecule is CC(C)n1nc(-c2noc(C3CC3)c2-c2ncc(C3CCN(C(=O)OC4CCCCC4)CC3)cn2)c2c(N)ncnc21. The normalized spacial score (nSPS) is 18.7. The summed E-state index contributed by atoms with van der Waals surface area (Å²) in [5.74, 6) is 2.24. The zero-order valence-electron chi connectivity index (χ0n) is 24.2. The number of nitrogen functional groups attached to an aromatic ring is 1. The molecule has 12 heteroatoms. The number of anilines is 1. The van der Waals surface area contributed by atoms with Gasteiger partial charge in [0, 0.05) is 37.4 Å². The second-order valence-corrected chi connectivity index (χ2v) is 12.1. The van der Waals surface area contributed by atoms with Gasteiger partial charge in [-0.3, -0.25) is 0 Å². The number of nitrogens with two attached hydrogens (primary N) is 1. The Labute approximate surface area is 244 Å². The summed E-state index contributed by atoms with van der Waals surface area (Å²) >= 11 is 0. The average molecular weight is 572 g/mol. The summed E-state index contributed by atoms with van der Waals surface area (Å²) in [6, 6.07) is 0.0601. The van der Waals surface area contributed by atoms with Crippen LogP contribution < -0.4 is 5.73 Å². The Balaban J connectivity index is 1.13. The molecule has 2 aliphatic carbocycles. The standard InChI is InChI=1S/C30H37N9O3/c1-17(2)39-29-23(27(31)34-16-35-29)24(36-39)25-22(26(42-37-25)19-8-9-19)28-32-14-20(15-33-28)18-10-12-38(13-11-18)30(40)41-21-6-4-3-5-7-21/h14-19,21H,3-13H2,1-2H3,(H2,31,34,35). The van der Waals surface area contributed by atoms with Crippen molar-refractivity contribution in [2.24, 2.45) is 0 Å². The van der Waals surface area contributed by atoms with Gasteiger partial charge in [-0.2, -0.15) is 5.10 Å². The van der Waals surface area contributed by atoms with E-state index in [4.69, 9.17) is 30.1 Å². The Bertz CT molecular complexity index is 1580. The summed E-state index contributed by atoms with van der Waals surface area (Å²) in [6.07, 6.45) is 14.4. The fourth-order valence-electron chi connectivity index (χ4n) is 6.30. The van der Waals surface area contributed by atoms with Gasteiger partial charge >= 0.3 is 6.09 Å². The van der Waals surface area contributed by atoms with Gasteiger partial charge in [0.15, 0.2) is 17.2 Å². The molecule has 42 heavy (non-hydrogen) atoms. The fourth-order valence-corrected chi connectivity index (χ4v) is 6.30. The predicted octanol–water partition coefficient (Wildman–Crippen LogP) is 5.63. The highest BCUT2D eigenvalue weighted by atomic mass is 16.6. The molecule has 0 radical (unpaired) electrons. The molecular formula is C30H37N9O3. The molecule has 1 saturated heterocycles. The molecule has 0 aromatic carbocycles. The highest BCUT2D eigenvalue weighted by molar-refractivity contribution is 6.00. The van der Waals surface area contributed by atoms with Crippen molar-refractivity contribution in [3.8, 4) is 22.8 Å². The largest absolute Gasteiger partial charge is 0.446 e. The number of fused-ring (bicyclic) bond motifs is 1. The van der Waals surface area contributed by atoms with Gasteiger partial charge < -0.3 is 19.9 Å². The van der Waals surface area contributed by atoms with Crippen LogP contribution in [0.15, 0.2) is 23.2 Å². The zero-order valence-corrected chi connectivity index (χ0v) is 24.2. The molecule has 4 aromatic heterocycles. The van der Waals surface area contributed by atoms with Crippen LogP contribution in [-0.2, 0) is 4.74 Å². The van der Waals surface area contributed by atoms with Crippen LogP contribution in [-0.4, -0.2) is 65.1 Å². The summed E-state index contributed by atoms with van der Waals surface area (Å²) in [6.45, 7) is 5.43. The Morgan fingerprint density at radius 1 is 0.952 bits per heavy atom. The van der Waals surface area contributed by atoms with Crippen LogP contribution in [0.4, 0.5) is 10.6 Å². The number of hydrogen-bond donors (Lipinski definition) is 1. The summed E-state index contributed by atoms with van der Waals surface area (Å²) in [4.78, 5) is 32.9. The second-order valence-electron chi connectivity index (χ2n) is 12.1. The first-order valence-electron chi connectivity index (χ1n) is 15.2. The van der Waals surface area contributed by atoms with Crippen LogP contribution >= 0.6 is 0 Å². The third-order valence-electron chi connectivity index (χ3n) is 8.84. The number of likely N-dealkylation sites (tertiary alicyclic amines) is 1. The summed E-state index contributed by atoms with van der Waals surface area (Å²) in [5.41, 5.74) is 9.93. The molecule has 3 fully saturated rings. The average Bonchev–Trinajstić information content (AvgIpc) is 3.63. The van der Waals surface area contributed by atoms with Crippen molar-refractivity contribution >= 4 is 22.9 Å². The number of hydrogen-bond acceptors (Lipinski definition) is 10. The number of carbonyl (C=O) groups excluding carboxylic acids is 1. The molecule has 3 aliphatic rings. The van der Waals surface area contributed by atoms with E-state index in [0.717, 1.165) is 68.3 Å². The van der Waals surface area contributed by atoms with Crippen molar-refractivity contribution in [3.63, 3.8) is 0 Å². The van der Waals surface area contributed by atoms with E-state index in [9.17, 15) is 4.79 Å². The van der Waals surface area contributed by atoms with Crippen molar-refractivity contribution in [1.82, 2.24) is 39.8 Å². The van der Waals surface area contributed by atoms with E-state index in [0.29, 0.717) is 47.2 Å². The van der Waals surface area contributed by atoms with E-state index < -0.39 is 0 Å². The molecule has 1 amide bonds. The maximum atomic E-state index is 12.7. The van der Waals surface area contributed by atoms with Crippen LogP contribution in [0.5, 0.6) is 0 Å². The zero-order chi connectivity index (χ0) is 28.8. The summed E-state index contributed by atoms with van der Waals surface area (Å²) in [7, 11) is 0. The first kappa shape index (κ1) is 26.8. The fraction of sp³-hybridized carbons (Fsp3) is 0.567. The summed E-state index contributed by atoms with van der Waals surface area (Å²) in [5, 5.41) is 9.98. The lowest BCUT2D eigenvalue weighted by Gasteiger charge is -2.33. The maximum Gasteiger partial charge on any atom is 0.410 e. The smallest absolute Gasteiger partial charge is 0.410 e. The highest BCUT2D eigenvalue weighted by Crippen LogP contribution is 2.48. The maximum absolute atomic E-state index is 12.7. The van der Waals surface area contributed by atoms with Gasteiger partial charge in [-0.15, -0.1) is 0 Å². The lowest BCUT2D eigenvalue weighted by atomic mass is 9.91. The van der Waals surface area contributed by atoms with Gasteiger partial charge in [0.05, 0.1) is 10.9 Å². The van der Waals surface area contributed by atoms with Gasteiger partial charge in [-0.1, -0.05) is 11.6 Å². The number of nitrogens with zero attached hydrogens (tertiary/aromatic N) is 8. The molecule has 0 atom stereocenters. The minimum absolute atomic E-state index is 0.0601. The van der Waals surface area contributed by atoms with Crippen LogP contribution in [0.3, 0.4) is 0 Å². The number of carbonyl (C=O) groups is 1. The minimum atomic E-state index is -0.169. The van der Waals surface area contributed by atoms with E-state index >= 15 is 0 Å². The molecule has 220 valence electrons. The van der Waals surface area contributed by atoms with Crippen LogP contribution in [0, 0.1) is 0 Å². The van der Waals surface area contributed by atoms with Gasteiger partial charge in [0.25, 0.3) is 0 Å². The van der Waals surface area contributed by atoms with E-state index in [2.05, 4.69) is 15.1 Å².